The van der Waals surface area contributed by atoms with Crippen LogP contribution in [-0.4, -0.2) is 32.1 Å². The highest BCUT2D eigenvalue weighted by Crippen LogP contribution is 2.32. The Bertz CT molecular complexity index is 878. The Balaban J connectivity index is 1.40. The van der Waals surface area contributed by atoms with E-state index in [1.54, 1.807) is 0 Å². The second-order valence-electron chi connectivity index (χ2n) is 8.30. The molecule has 4 rings (SSSR count). The molecule has 0 bridgehead atoms. The number of carbonyl (C=O) groups excluding carboxylic acids is 1. The van der Waals surface area contributed by atoms with E-state index in [0.29, 0.717) is 19.4 Å². The normalized spacial score (nSPS) is 17.4. The minimum atomic E-state index is -0.0501. The summed E-state index contributed by atoms with van der Waals surface area (Å²) < 4.78 is 9.72. The first-order valence-electron chi connectivity index (χ1n) is 10.4. The van der Waals surface area contributed by atoms with Crippen molar-refractivity contribution in [2.24, 2.45) is 13.0 Å². The molecule has 2 aromatic rings. The lowest BCUT2D eigenvalue weighted by Gasteiger charge is -2.16. The van der Waals surface area contributed by atoms with Gasteiger partial charge in [-0.3, -0.25) is 14.2 Å². The number of fused-ring (bicyclic) bond motifs is 1. The predicted octanol–water partition coefficient (Wildman–Crippen LogP) is 2.53. The number of amides is 1. The summed E-state index contributed by atoms with van der Waals surface area (Å²) >= 11 is 0. The van der Waals surface area contributed by atoms with E-state index in [-0.39, 0.29) is 11.9 Å². The van der Waals surface area contributed by atoms with E-state index in [4.69, 9.17) is 9.84 Å². The first-order valence-corrected chi connectivity index (χ1v) is 10.4. The number of nitrogens with one attached hydrogen (secondary N) is 1. The van der Waals surface area contributed by atoms with Gasteiger partial charge in [0.1, 0.15) is 0 Å². The predicted molar refractivity (Wildman–Crippen MR) is 106 cm³/mol. The van der Waals surface area contributed by atoms with Gasteiger partial charge in [0, 0.05) is 55.4 Å². The monoisotopic (exact) mass is 385 g/mol. The molecule has 152 valence electrons. The second-order valence-corrected chi connectivity index (χ2v) is 8.30. The summed E-state index contributed by atoms with van der Waals surface area (Å²) in [6.07, 6.45) is 4.65. The van der Waals surface area contributed by atoms with Crippen LogP contribution in [0.1, 0.15) is 66.1 Å². The van der Waals surface area contributed by atoms with Gasteiger partial charge in [-0.05, 0) is 39.5 Å². The number of hydrogen-bond donors (Lipinski definition) is 1. The van der Waals surface area contributed by atoms with Crippen molar-refractivity contribution in [1.29, 1.82) is 0 Å². The first-order chi connectivity index (χ1) is 13.4. The average Bonchev–Trinajstić information content (AvgIpc) is 3.35. The molecule has 2 aliphatic rings. The molecule has 1 saturated carbocycles. The second kappa shape index (κ2) is 7.70. The van der Waals surface area contributed by atoms with Crippen molar-refractivity contribution in [2.75, 3.05) is 6.61 Å². The minimum Gasteiger partial charge on any atom is -0.376 e. The molecule has 0 spiro atoms. The number of hydrogen-bond acceptors (Lipinski definition) is 4. The maximum atomic E-state index is 12.6. The zero-order valence-electron chi connectivity index (χ0n) is 17.4. The Morgan fingerprint density at radius 2 is 2.11 bits per heavy atom. The number of ether oxygens (including phenoxy) is 1. The first kappa shape index (κ1) is 19.2. The number of rotatable bonds is 7. The molecule has 1 atom stereocenters. The van der Waals surface area contributed by atoms with Crippen molar-refractivity contribution in [3.63, 3.8) is 0 Å². The fourth-order valence-corrected chi connectivity index (χ4v) is 4.31. The molecule has 1 aliphatic heterocycles. The third-order valence-corrected chi connectivity index (χ3v) is 6.07. The highest BCUT2D eigenvalue weighted by atomic mass is 16.5. The van der Waals surface area contributed by atoms with Gasteiger partial charge in [0.15, 0.2) is 0 Å². The van der Waals surface area contributed by atoms with Crippen LogP contribution in [0.4, 0.5) is 0 Å². The summed E-state index contributed by atoms with van der Waals surface area (Å²) in [4.78, 5) is 12.6. The maximum absolute atomic E-state index is 12.6. The lowest BCUT2D eigenvalue weighted by atomic mass is 10.0. The minimum absolute atomic E-state index is 0.0501. The van der Waals surface area contributed by atoms with Gasteiger partial charge in [-0.2, -0.15) is 10.2 Å². The molecule has 0 saturated heterocycles. The molecule has 1 amide bonds. The van der Waals surface area contributed by atoms with Crippen molar-refractivity contribution in [1.82, 2.24) is 24.9 Å². The fraction of sp³-hybridized carbons (Fsp3) is 0.667. The van der Waals surface area contributed by atoms with Crippen LogP contribution in [0.5, 0.6) is 0 Å². The van der Waals surface area contributed by atoms with Crippen molar-refractivity contribution in [3.8, 4) is 0 Å². The van der Waals surface area contributed by atoms with Crippen LogP contribution < -0.4 is 5.32 Å². The van der Waals surface area contributed by atoms with Gasteiger partial charge >= 0.3 is 0 Å². The van der Waals surface area contributed by atoms with Crippen molar-refractivity contribution < 1.29 is 9.53 Å². The zero-order valence-corrected chi connectivity index (χ0v) is 17.4. The Kier molecular flexibility index (Phi) is 5.27. The topological polar surface area (TPSA) is 74.0 Å². The number of carbonyl (C=O) groups is 1. The van der Waals surface area contributed by atoms with Crippen LogP contribution in [0, 0.1) is 19.8 Å². The van der Waals surface area contributed by atoms with Gasteiger partial charge in [0.2, 0.25) is 5.91 Å². The molecular formula is C21H31N5O2. The Labute approximate surface area is 166 Å². The standard InChI is InChI=1S/C21H31N5O2/c1-13(21-14(2)23-25(4)15(21)3)22-20(27)8-7-18-17-12-28-10-9-19(17)26(24-18)11-16-5-6-16/h13,16H,5-12H2,1-4H3,(H,22,27). The van der Waals surface area contributed by atoms with E-state index >= 15 is 0 Å². The summed E-state index contributed by atoms with van der Waals surface area (Å²) in [6.45, 7) is 8.46. The summed E-state index contributed by atoms with van der Waals surface area (Å²) in [5, 5.41) is 12.4. The van der Waals surface area contributed by atoms with Crippen LogP contribution in [-0.2, 0) is 42.6 Å². The highest BCUT2D eigenvalue weighted by Gasteiger charge is 2.27. The molecule has 0 aromatic carbocycles. The van der Waals surface area contributed by atoms with Crippen LogP contribution in [0.15, 0.2) is 0 Å². The van der Waals surface area contributed by atoms with Gasteiger partial charge in [0.25, 0.3) is 0 Å². The van der Waals surface area contributed by atoms with Gasteiger partial charge in [-0.15, -0.1) is 0 Å². The van der Waals surface area contributed by atoms with Crippen LogP contribution in [0.25, 0.3) is 0 Å². The Morgan fingerprint density at radius 1 is 1.32 bits per heavy atom. The van der Waals surface area contributed by atoms with Crippen LogP contribution in [0.2, 0.25) is 0 Å². The Morgan fingerprint density at radius 3 is 2.79 bits per heavy atom. The van der Waals surface area contributed by atoms with Gasteiger partial charge in [0.05, 0.1) is 30.6 Å². The summed E-state index contributed by atoms with van der Waals surface area (Å²) in [7, 11) is 1.93. The molecule has 7 heteroatoms. The molecule has 0 radical (unpaired) electrons. The molecule has 28 heavy (non-hydrogen) atoms. The largest absolute Gasteiger partial charge is 0.376 e. The average molecular weight is 386 g/mol. The third kappa shape index (κ3) is 3.85. The van der Waals surface area contributed by atoms with E-state index < -0.39 is 0 Å². The maximum Gasteiger partial charge on any atom is 0.220 e. The molecule has 1 N–H and O–H groups in total. The molecule has 2 aromatic heterocycles. The van der Waals surface area contributed by atoms with Gasteiger partial charge < -0.3 is 10.1 Å². The smallest absolute Gasteiger partial charge is 0.220 e. The molecule has 7 nitrogen and oxygen atoms in total. The number of nitrogens with zero attached hydrogens (tertiary/aromatic N) is 4. The quantitative estimate of drug-likeness (QED) is 0.795. The zero-order chi connectivity index (χ0) is 19.8. The van der Waals surface area contributed by atoms with E-state index in [0.717, 1.165) is 48.1 Å². The van der Waals surface area contributed by atoms with Gasteiger partial charge in [-0.25, -0.2) is 0 Å². The molecule has 1 unspecified atom stereocenters. The van der Waals surface area contributed by atoms with Crippen molar-refractivity contribution >= 4 is 5.91 Å². The van der Waals surface area contributed by atoms with Crippen LogP contribution in [0.3, 0.4) is 0 Å². The summed E-state index contributed by atoms with van der Waals surface area (Å²) in [5.41, 5.74) is 6.74. The number of aromatic nitrogens is 4. The van der Waals surface area contributed by atoms with E-state index in [1.165, 1.54) is 24.1 Å². The highest BCUT2D eigenvalue weighted by molar-refractivity contribution is 5.76. The van der Waals surface area contributed by atoms with E-state index in [9.17, 15) is 4.79 Å². The van der Waals surface area contributed by atoms with E-state index in [1.807, 2.05) is 32.5 Å². The Hall–Kier alpha value is -2.15. The molecule has 1 fully saturated rings. The molecular weight excluding hydrogens is 354 g/mol. The van der Waals surface area contributed by atoms with Crippen molar-refractivity contribution in [2.45, 2.75) is 72.1 Å². The lowest BCUT2D eigenvalue weighted by molar-refractivity contribution is -0.121. The SMILES string of the molecule is Cc1nn(C)c(C)c1C(C)NC(=O)CCc1nn(CC2CC2)c2c1COCC2. The third-order valence-electron chi connectivity index (χ3n) is 6.07. The fourth-order valence-electron chi connectivity index (χ4n) is 4.31. The van der Waals surface area contributed by atoms with Crippen molar-refractivity contribution in [3.05, 3.63) is 33.9 Å². The summed E-state index contributed by atoms with van der Waals surface area (Å²) in [6, 6.07) is -0.0501. The summed E-state index contributed by atoms with van der Waals surface area (Å²) in [5.74, 6) is 0.840. The van der Waals surface area contributed by atoms with E-state index in [2.05, 4.69) is 15.1 Å². The number of aryl methyl sites for hydroxylation is 3. The lowest BCUT2D eigenvalue weighted by Crippen LogP contribution is -2.27. The van der Waals surface area contributed by atoms with Crippen LogP contribution >= 0.6 is 0 Å². The molecule has 1 aliphatic carbocycles. The van der Waals surface area contributed by atoms with Gasteiger partial charge in [-0.1, -0.05) is 0 Å². The molecule has 3 heterocycles.